The second-order valence-electron chi connectivity index (χ2n) is 8.21. The Hall–Kier alpha value is -1.83. The lowest BCUT2D eigenvalue weighted by molar-refractivity contribution is -0.0166. The van der Waals surface area contributed by atoms with E-state index in [0.717, 1.165) is 28.7 Å². The van der Waals surface area contributed by atoms with Crippen molar-refractivity contribution in [3.63, 3.8) is 0 Å². The Bertz CT molecular complexity index is 743. The minimum Gasteiger partial charge on any atom is -0.347 e. The van der Waals surface area contributed by atoms with Gasteiger partial charge in [-0.2, -0.15) is 0 Å². The van der Waals surface area contributed by atoms with Crippen LogP contribution in [0.2, 0.25) is 0 Å². The van der Waals surface area contributed by atoms with Crippen LogP contribution >= 0.6 is 0 Å². The number of hydrogen-bond acceptors (Lipinski definition) is 1. The third-order valence-corrected chi connectivity index (χ3v) is 6.43. The monoisotopic (exact) mass is 305 g/mol. The molecule has 0 saturated heterocycles. The van der Waals surface area contributed by atoms with E-state index in [1.165, 1.54) is 43.9 Å². The van der Waals surface area contributed by atoms with Crippen LogP contribution in [0.5, 0.6) is 0 Å². The van der Waals surface area contributed by atoms with Gasteiger partial charge in [0.15, 0.2) is 0 Å². The third kappa shape index (κ3) is 2.27. The van der Waals surface area contributed by atoms with Crippen LogP contribution < -0.4 is 5.32 Å². The van der Waals surface area contributed by atoms with E-state index in [2.05, 4.69) is 23.5 Å². The van der Waals surface area contributed by atoms with E-state index >= 15 is 0 Å². The molecule has 0 aliphatic heterocycles. The molecule has 4 aliphatic rings. The van der Waals surface area contributed by atoms with Gasteiger partial charge in [-0.05, 0) is 79.2 Å². The molecule has 2 aromatic rings. The van der Waals surface area contributed by atoms with Gasteiger partial charge in [-0.15, -0.1) is 0 Å². The molecule has 0 heterocycles. The molecule has 0 aromatic heterocycles. The van der Waals surface area contributed by atoms with Gasteiger partial charge in [0.1, 0.15) is 0 Å². The molecule has 4 bridgehead atoms. The molecule has 2 heteroatoms. The molecule has 6 rings (SSSR count). The first-order chi connectivity index (χ1) is 11.2. The maximum atomic E-state index is 12.9. The Morgan fingerprint density at radius 3 is 2.13 bits per heavy atom. The van der Waals surface area contributed by atoms with Gasteiger partial charge in [0.25, 0.3) is 5.91 Å². The standard InChI is InChI=1S/C21H23NO/c23-20(19-6-5-17-3-1-2-4-18(17)10-19)22-21-11-14-7-15(12-21)9-16(8-14)13-21/h1-6,10,14-16H,7-9,11-13H2,(H,22,23). The van der Waals surface area contributed by atoms with Crippen LogP contribution in [0.15, 0.2) is 42.5 Å². The molecule has 4 saturated carbocycles. The van der Waals surface area contributed by atoms with Crippen molar-refractivity contribution in [3.8, 4) is 0 Å². The van der Waals surface area contributed by atoms with E-state index in [1.54, 1.807) is 0 Å². The molecule has 2 nitrogen and oxygen atoms in total. The molecular formula is C21H23NO. The zero-order chi connectivity index (χ0) is 15.4. The van der Waals surface area contributed by atoms with Crippen LogP contribution in [0.4, 0.5) is 0 Å². The molecule has 23 heavy (non-hydrogen) atoms. The number of amides is 1. The molecular weight excluding hydrogens is 282 g/mol. The summed E-state index contributed by atoms with van der Waals surface area (Å²) >= 11 is 0. The quantitative estimate of drug-likeness (QED) is 0.867. The molecule has 4 aliphatic carbocycles. The number of fused-ring (bicyclic) bond motifs is 1. The summed E-state index contributed by atoms with van der Waals surface area (Å²) in [7, 11) is 0. The summed E-state index contributed by atoms with van der Waals surface area (Å²) in [6.45, 7) is 0. The fourth-order valence-corrected chi connectivity index (χ4v) is 5.91. The average molecular weight is 305 g/mol. The maximum absolute atomic E-state index is 12.9. The van der Waals surface area contributed by atoms with Gasteiger partial charge in [-0.25, -0.2) is 0 Å². The number of carbonyl (C=O) groups is 1. The van der Waals surface area contributed by atoms with E-state index in [0.29, 0.717) is 0 Å². The SMILES string of the molecule is O=C(NC12CC3CC(CC(C3)C1)C2)c1ccc2ccccc2c1. The zero-order valence-corrected chi connectivity index (χ0v) is 13.4. The highest BCUT2D eigenvalue weighted by atomic mass is 16.1. The second-order valence-corrected chi connectivity index (χ2v) is 8.21. The summed E-state index contributed by atoms with van der Waals surface area (Å²) < 4.78 is 0. The Balaban J connectivity index is 1.42. The van der Waals surface area contributed by atoms with Crippen molar-refractivity contribution in [1.29, 1.82) is 0 Å². The molecule has 4 fully saturated rings. The van der Waals surface area contributed by atoms with Gasteiger partial charge in [0.2, 0.25) is 0 Å². The first kappa shape index (κ1) is 13.6. The Morgan fingerprint density at radius 1 is 0.870 bits per heavy atom. The minimum atomic E-state index is 0.0947. The van der Waals surface area contributed by atoms with E-state index in [4.69, 9.17) is 0 Å². The largest absolute Gasteiger partial charge is 0.347 e. The van der Waals surface area contributed by atoms with Gasteiger partial charge in [0, 0.05) is 11.1 Å². The molecule has 0 atom stereocenters. The lowest BCUT2D eigenvalue weighted by Gasteiger charge is -2.56. The minimum absolute atomic E-state index is 0.0947. The highest BCUT2D eigenvalue weighted by Crippen LogP contribution is 2.55. The molecule has 1 N–H and O–H groups in total. The Kier molecular flexibility index (Phi) is 2.86. The maximum Gasteiger partial charge on any atom is 0.251 e. The number of carbonyl (C=O) groups excluding carboxylic acids is 1. The predicted octanol–water partition coefficient (Wildman–Crippen LogP) is 4.54. The van der Waals surface area contributed by atoms with Crippen LogP contribution in [-0.4, -0.2) is 11.4 Å². The first-order valence-electron chi connectivity index (χ1n) is 9.00. The van der Waals surface area contributed by atoms with Crippen LogP contribution in [-0.2, 0) is 0 Å². The summed E-state index contributed by atoms with van der Waals surface area (Å²) in [6, 6.07) is 14.3. The van der Waals surface area contributed by atoms with Crippen molar-refractivity contribution < 1.29 is 4.79 Å². The topological polar surface area (TPSA) is 29.1 Å². The lowest BCUT2D eigenvalue weighted by atomic mass is 9.53. The average Bonchev–Trinajstić information content (AvgIpc) is 2.52. The second kappa shape index (κ2) is 4.83. The van der Waals surface area contributed by atoms with Crippen molar-refractivity contribution in [2.24, 2.45) is 17.8 Å². The Labute approximate surface area is 137 Å². The normalized spacial score (nSPS) is 34.7. The van der Waals surface area contributed by atoms with Crippen LogP contribution in [0, 0.1) is 17.8 Å². The van der Waals surface area contributed by atoms with Crippen molar-refractivity contribution in [2.45, 2.75) is 44.1 Å². The van der Waals surface area contributed by atoms with Crippen LogP contribution in [0.1, 0.15) is 48.9 Å². The smallest absolute Gasteiger partial charge is 0.251 e. The van der Waals surface area contributed by atoms with Crippen LogP contribution in [0.25, 0.3) is 10.8 Å². The van der Waals surface area contributed by atoms with E-state index in [1.807, 2.05) is 24.3 Å². The third-order valence-electron chi connectivity index (χ3n) is 6.43. The van der Waals surface area contributed by atoms with E-state index < -0.39 is 0 Å². The number of nitrogens with one attached hydrogen (secondary N) is 1. The van der Waals surface area contributed by atoms with Gasteiger partial charge < -0.3 is 5.32 Å². The summed E-state index contributed by atoms with van der Waals surface area (Å²) in [6.07, 6.45) is 7.84. The molecule has 1 amide bonds. The van der Waals surface area contributed by atoms with Gasteiger partial charge in [0.05, 0.1) is 0 Å². The number of benzene rings is 2. The van der Waals surface area contributed by atoms with Crippen molar-refractivity contribution in [3.05, 3.63) is 48.0 Å². The van der Waals surface area contributed by atoms with Crippen molar-refractivity contribution in [2.75, 3.05) is 0 Å². The van der Waals surface area contributed by atoms with Crippen molar-refractivity contribution in [1.82, 2.24) is 5.32 Å². The highest BCUT2D eigenvalue weighted by Gasteiger charge is 2.51. The van der Waals surface area contributed by atoms with Gasteiger partial charge >= 0.3 is 0 Å². The van der Waals surface area contributed by atoms with Gasteiger partial charge in [-0.1, -0.05) is 30.3 Å². The molecule has 0 spiro atoms. The first-order valence-corrected chi connectivity index (χ1v) is 9.00. The van der Waals surface area contributed by atoms with E-state index in [-0.39, 0.29) is 11.4 Å². The van der Waals surface area contributed by atoms with Crippen molar-refractivity contribution >= 4 is 16.7 Å². The molecule has 2 aromatic carbocycles. The Morgan fingerprint density at radius 2 is 1.48 bits per heavy atom. The molecule has 118 valence electrons. The highest BCUT2D eigenvalue weighted by molar-refractivity contribution is 5.99. The zero-order valence-electron chi connectivity index (χ0n) is 13.4. The predicted molar refractivity (Wildman–Crippen MR) is 92.3 cm³/mol. The summed E-state index contributed by atoms with van der Waals surface area (Å²) in [5, 5.41) is 5.80. The summed E-state index contributed by atoms with van der Waals surface area (Å²) in [5.41, 5.74) is 0.900. The van der Waals surface area contributed by atoms with E-state index in [9.17, 15) is 4.79 Å². The fourth-order valence-electron chi connectivity index (χ4n) is 5.91. The number of rotatable bonds is 2. The van der Waals surface area contributed by atoms with Gasteiger partial charge in [-0.3, -0.25) is 4.79 Å². The fraction of sp³-hybridized carbons (Fsp3) is 0.476. The van der Waals surface area contributed by atoms with Crippen LogP contribution in [0.3, 0.4) is 0 Å². The summed E-state index contributed by atoms with van der Waals surface area (Å²) in [4.78, 5) is 12.9. The summed E-state index contributed by atoms with van der Waals surface area (Å²) in [5.74, 6) is 2.70. The number of hydrogen-bond donors (Lipinski definition) is 1. The molecule has 0 radical (unpaired) electrons. The lowest BCUT2D eigenvalue weighted by Crippen LogP contribution is -2.59. The molecule has 0 unspecified atom stereocenters.